The van der Waals surface area contributed by atoms with Gasteiger partial charge >= 0.3 is 6.03 Å². The highest BCUT2D eigenvalue weighted by atomic mass is 16.3. The Bertz CT molecular complexity index is 835. The first kappa shape index (κ1) is 20.2. The van der Waals surface area contributed by atoms with Crippen LogP contribution in [0.15, 0.2) is 28.7 Å². The van der Waals surface area contributed by atoms with E-state index in [2.05, 4.69) is 24.5 Å². The van der Waals surface area contributed by atoms with Gasteiger partial charge in [0.25, 0.3) is 0 Å². The lowest BCUT2D eigenvalue weighted by molar-refractivity contribution is -0.133. The third-order valence-electron chi connectivity index (χ3n) is 5.39. The number of nitrogens with one attached hydrogen (secondary N) is 2. The van der Waals surface area contributed by atoms with E-state index in [-0.39, 0.29) is 24.0 Å². The van der Waals surface area contributed by atoms with Crippen molar-refractivity contribution in [3.63, 3.8) is 0 Å². The minimum Gasteiger partial charge on any atom is -0.459 e. The van der Waals surface area contributed by atoms with Crippen LogP contribution in [0.4, 0.5) is 4.79 Å². The van der Waals surface area contributed by atoms with Crippen LogP contribution in [0.5, 0.6) is 0 Å². The summed E-state index contributed by atoms with van der Waals surface area (Å²) in [6.07, 6.45) is 2.16. The van der Waals surface area contributed by atoms with Crippen LogP contribution in [0.3, 0.4) is 0 Å². The van der Waals surface area contributed by atoms with Crippen molar-refractivity contribution in [1.82, 2.24) is 15.5 Å². The molecule has 0 radical (unpaired) electrons. The minimum absolute atomic E-state index is 0.0899. The summed E-state index contributed by atoms with van der Waals surface area (Å²) >= 11 is 0. The number of furan rings is 1. The van der Waals surface area contributed by atoms with Crippen LogP contribution in [0.1, 0.15) is 57.4 Å². The molecule has 2 heterocycles. The molecule has 2 N–H and O–H groups in total. The van der Waals surface area contributed by atoms with E-state index in [9.17, 15) is 9.59 Å². The van der Waals surface area contributed by atoms with Crippen LogP contribution >= 0.6 is 0 Å². The van der Waals surface area contributed by atoms with Crippen molar-refractivity contribution in [3.8, 4) is 0 Å². The number of aryl methyl sites for hydroxylation is 1. The van der Waals surface area contributed by atoms with Crippen molar-refractivity contribution < 1.29 is 14.0 Å². The molecule has 0 aliphatic carbocycles. The molecule has 1 saturated heterocycles. The van der Waals surface area contributed by atoms with Gasteiger partial charge in [0.2, 0.25) is 5.91 Å². The number of para-hydroxylation sites is 1. The Labute approximate surface area is 166 Å². The summed E-state index contributed by atoms with van der Waals surface area (Å²) in [7, 11) is 0. The fourth-order valence-corrected chi connectivity index (χ4v) is 3.85. The Morgan fingerprint density at radius 2 is 1.86 bits per heavy atom. The predicted octanol–water partition coefficient (Wildman–Crippen LogP) is 4.14. The molecule has 0 saturated carbocycles. The van der Waals surface area contributed by atoms with Crippen LogP contribution in [-0.4, -0.2) is 36.0 Å². The fourth-order valence-electron chi connectivity index (χ4n) is 3.85. The van der Waals surface area contributed by atoms with Crippen molar-refractivity contribution in [2.24, 2.45) is 5.92 Å². The van der Waals surface area contributed by atoms with Crippen LogP contribution in [0, 0.1) is 12.8 Å². The standard InChI is InChI=1S/C22H31N3O3/c1-14(2)13-20(26)25-11-9-17(10-12-25)24-22(27)23-16(4)21-15(3)18-7-5-6-8-19(18)28-21/h5-8,14,16-17H,9-13H2,1-4H3,(H2,23,24,27). The van der Waals surface area contributed by atoms with Gasteiger partial charge in [-0.1, -0.05) is 32.0 Å². The van der Waals surface area contributed by atoms with Crippen molar-refractivity contribution in [2.75, 3.05) is 13.1 Å². The van der Waals surface area contributed by atoms with Crippen molar-refractivity contribution in [1.29, 1.82) is 0 Å². The zero-order valence-electron chi connectivity index (χ0n) is 17.2. The maximum atomic E-state index is 12.4. The quantitative estimate of drug-likeness (QED) is 0.812. The predicted molar refractivity (Wildman–Crippen MR) is 110 cm³/mol. The number of piperidine rings is 1. The van der Waals surface area contributed by atoms with Gasteiger partial charge in [0.1, 0.15) is 11.3 Å². The van der Waals surface area contributed by atoms with Crippen LogP contribution in [0.2, 0.25) is 0 Å². The molecule has 1 unspecified atom stereocenters. The molecule has 3 rings (SSSR count). The number of hydrogen-bond acceptors (Lipinski definition) is 3. The van der Waals surface area contributed by atoms with Gasteiger partial charge in [0.05, 0.1) is 6.04 Å². The average Bonchev–Trinajstić information content (AvgIpc) is 2.99. The summed E-state index contributed by atoms with van der Waals surface area (Å²) in [5.74, 6) is 1.37. The van der Waals surface area contributed by atoms with E-state index in [1.165, 1.54) is 0 Å². The van der Waals surface area contributed by atoms with Gasteiger partial charge in [-0.05, 0) is 38.7 Å². The summed E-state index contributed by atoms with van der Waals surface area (Å²) in [5, 5.41) is 7.10. The third kappa shape index (κ3) is 4.66. The molecule has 6 heteroatoms. The number of carbonyl (C=O) groups is 2. The largest absolute Gasteiger partial charge is 0.459 e. The molecule has 3 amide bonds. The Morgan fingerprint density at radius 1 is 1.18 bits per heavy atom. The number of hydrogen-bond donors (Lipinski definition) is 2. The van der Waals surface area contributed by atoms with E-state index in [4.69, 9.17) is 4.42 Å². The zero-order chi connectivity index (χ0) is 20.3. The number of amides is 3. The summed E-state index contributed by atoms with van der Waals surface area (Å²) in [5.41, 5.74) is 1.89. The second-order valence-electron chi connectivity index (χ2n) is 8.18. The zero-order valence-corrected chi connectivity index (χ0v) is 17.2. The number of nitrogens with zero attached hydrogens (tertiary/aromatic N) is 1. The molecule has 152 valence electrons. The first-order valence-electron chi connectivity index (χ1n) is 10.2. The molecule has 1 aliphatic heterocycles. The molecular formula is C22H31N3O3. The van der Waals surface area contributed by atoms with E-state index >= 15 is 0 Å². The average molecular weight is 386 g/mol. The lowest BCUT2D eigenvalue weighted by atomic mass is 10.0. The summed E-state index contributed by atoms with van der Waals surface area (Å²) in [6.45, 7) is 9.46. The van der Waals surface area contributed by atoms with E-state index < -0.39 is 0 Å². The van der Waals surface area contributed by atoms with Crippen LogP contribution in [0.25, 0.3) is 11.0 Å². The fraction of sp³-hybridized carbons (Fsp3) is 0.545. The van der Waals surface area contributed by atoms with Gasteiger partial charge in [-0.25, -0.2) is 4.79 Å². The highest BCUT2D eigenvalue weighted by Crippen LogP contribution is 2.29. The molecule has 0 spiro atoms. The maximum Gasteiger partial charge on any atom is 0.315 e. The number of fused-ring (bicyclic) bond motifs is 1. The summed E-state index contributed by atoms with van der Waals surface area (Å²) in [4.78, 5) is 26.5. The SMILES string of the molecule is Cc1c(C(C)NC(=O)NC2CCN(C(=O)CC(C)C)CC2)oc2ccccc12. The van der Waals surface area contributed by atoms with Gasteiger partial charge in [0.15, 0.2) is 0 Å². The summed E-state index contributed by atoms with van der Waals surface area (Å²) in [6, 6.07) is 7.56. The van der Waals surface area contributed by atoms with E-state index in [0.717, 1.165) is 35.1 Å². The highest BCUT2D eigenvalue weighted by Gasteiger charge is 2.25. The number of carbonyl (C=O) groups excluding carboxylic acids is 2. The van der Waals surface area contributed by atoms with Gasteiger partial charge in [-0.15, -0.1) is 0 Å². The molecule has 1 aromatic carbocycles. The summed E-state index contributed by atoms with van der Waals surface area (Å²) < 4.78 is 5.94. The number of urea groups is 1. The molecule has 2 aromatic rings. The lowest BCUT2D eigenvalue weighted by Crippen LogP contribution is -2.49. The molecule has 6 nitrogen and oxygen atoms in total. The molecule has 1 aliphatic rings. The Kier molecular flexibility index (Phi) is 6.27. The van der Waals surface area contributed by atoms with Gasteiger partial charge < -0.3 is 20.0 Å². The lowest BCUT2D eigenvalue weighted by Gasteiger charge is -2.33. The molecule has 0 bridgehead atoms. The maximum absolute atomic E-state index is 12.4. The number of benzene rings is 1. The highest BCUT2D eigenvalue weighted by molar-refractivity contribution is 5.82. The van der Waals surface area contributed by atoms with E-state index in [0.29, 0.717) is 25.4 Å². The second-order valence-corrected chi connectivity index (χ2v) is 8.18. The van der Waals surface area contributed by atoms with Crippen molar-refractivity contribution in [3.05, 3.63) is 35.6 Å². The second kappa shape index (κ2) is 8.67. The van der Waals surface area contributed by atoms with Gasteiger partial charge in [-0.2, -0.15) is 0 Å². The Morgan fingerprint density at radius 3 is 2.50 bits per heavy atom. The molecule has 28 heavy (non-hydrogen) atoms. The van der Waals surface area contributed by atoms with Crippen molar-refractivity contribution in [2.45, 2.75) is 59.0 Å². The normalized spacial score (nSPS) is 16.4. The molecular weight excluding hydrogens is 354 g/mol. The molecule has 1 aromatic heterocycles. The first-order chi connectivity index (χ1) is 13.3. The van der Waals surface area contributed by atoms with E-state index in [1.54, 1.807) is 0 Å². The third-order valence-corrected chi connectivity index (χ3v) is 5.39. The van der Waals surface area contributed by atoms with Crippen LogP contribution < -0.4 is 10.6 Å². The Hall–Kier alpha value is -2.50. The monoisotopic (exact) mass is 385 g/mol. The Balaban J connectivity index is 1.50. The topological polar surface area (TPSA) is 74.6 Å². The molecule has 1 fully saturated rings. The first-order valence-corrected chi connectivity index (χ1v) is 10.2. The van der Waals surface area contributed by atoms with Crippen molar-refractivity contribution >= 4 is 22.9 Å². The van der Waals surface area contributed by atoms with E-state index in [1.807, 2.05) is 43.0 Å². The van der Waals surface area contributed by atoms with Gasteiger partial charge in [0, 0.05) is 36.5 Å². The minimum atomic E-state index is -0.222. The van der Waals surface area contributed by atoms with Crippen LogP contribution in [-0.2, 0) is 4.79 Å². The molecule has 1 atom stereocenters. The smallest absolute Gasteiger partial charge is 0.315 e. The van der Waals surface area contributed by atoms with Gasteiger partial charge in [-0.3, -0.25) is 4.79 Å². The number of rotatable bonds is 5. The number of likely N-dealkylation sites (tertiary alicyclic amines) is 1.